The molecular weight excluding hydrogens is 370 g/mol. The molecule has 0 aliphatic carbocycles. The lowest BCUT2D eigenvalue weighted by Crippen LogP contribution is -2.14. The second kappa shape index (κ2) is 9.20. The van der Waals surface area contributed by atoms with E-state index in [0.29, 0.717) is 23.2 Å². The summed E-state index contributed by atoms with van der Waals surface area (Å²) in [7, 11) is 0. The van der Waals surface area contributed by atoms with E-state index in [9.17, 15) is 4.79 Å². The molecule has 1 heterocycles. The molecule has 3 rings (SSSR count). The first kappa shape index (κ1) is 19.6. The lowest BCUT2D eigenvalue weighted by Gasteiger charge is -2.09. The number of hydrogen-bond acceptors (Lipinski definition) is 5. The number of nitriles is 1. The Bertz CT molecular complexity index is 971. The van der Waals surface area contributed by atoms with Crippen LogP contribution in [0.3, 0.4) is 0 Å². The highest BCUT2D eigenvalue weighted by atomic mass is 32.2. The molecule has 1 aromatic heterocycles. The van der Waals surface area contributed by atoms with Gasteiger partial charge in [-0.1, -0.05) is 49.9 Å². The smallest absolute Gasteiger partial charge is 0.234 e. The van der Waals surface area contributed by atoms with Crippen molar-refractivity contribution in [1.29, 1.82) is 5.26 Å². The molecule has 0 aliphatic rings. The molecule has 0 unspecified atom stereocenters. The van der Waals surface area contributed by atoms with Gasteiger partial charge in [0.2, 0.25) is 5.91 Å². The van der Waals surface area contributed by atoms with E-state index in [2.05, 4.69) is 47.6 Å². The SMILES string of the molecule is CC(C)c1ccc(-n2cnnc2SCC(=O)Nc2ccc(CC#N)cc2)cc1. The van der Waals surface area contributed by atoms with E-state index in [0.717, 1.165) is 11.3 Å². The van der Waals surface area contributed by atoms with Crippen molar-refractivity contribution in [2.24, 2.45) is 0 Å². The standard InChI is InChI=1S/C21H21N5OS/c1-15(2)17-5-9-19(10-6-17)26-14-23-25-21(26)28-13-20(27)24-18-7-3-16(4-8-18)11-12-22/h3-10,14-15H,11,13H2,1-2H3,(H,24,27). The number of aromatic nitrogens is 3. The van der Waals surface area contributed by atoms with E-state index in [1.54, 1.807) is 18.5 Å². The van der Waals surface area contributed by atoms with Gasteiger partial charge in [0.25, 0.3) is 0 Å². The van der Waals surface area contributed by atoms with E-state index in [1.807, 2.05) is 28.8 Å². The quantitative estimate of drug-likeness (QED) is 0.611. The molecule has 2 aromatic carbocycles. The molecule has 0 aliphatic heterocycles. The first-order valence-corrected chi connectivity index (χ1v) is 9.94. The second-order valence-corrected chi connectivity index (χ2v) is 7.54. The minimum absolute atomic E-state index is 0.122. The normalized spacial score (nSPS) is 10.6. The zero-order valence-electron chi connectivity index (χ0n) is 15.8. The number of carbonyl (C=O) groups is 1. The third-order valence-electron chi connectivity index (χ3n) is 4.21. The van der Waals surface area contributed by atoms with Crippen molar-refractivity contribution in [1.82, 2.24) is 14.8 Å². The van der Waals surface area contributed by atoms with Crippen LogP contribution in [0.5, 0.6) is 0 Å². The Morgan fingerprint density at radius 3 is 2.54 bits per heavy atom. The van der Waals surface area contributed by atoms with E-state index in [-0.39, 0.29) is 11.7 Å². The first-order chi connectivity index (χ1) is 13.6. The summed E-state index contributed by atoms with van der Waals surface area (Å²) in [4.78, 5) is 12.2. The summed E-state index contributed by atoms with van der Waals surface area (Å²) in [5, 5.41) is 20.3. The Kier molecular flexibility index (Phi) is 6.45. The summed E-state index contributed by atoms with van der Waals surface area (Å²) in [5.41, 5.74) is 3.86. The predicted molar refractivity (Wildman–Crippen MR) is 111 cm³/mol. The fraction of sp³-hybridized carbons (Fsp3) is 0.238. The van der Waals surface area contributed by atoms with E-state index in [1.165, 1.54) is 17.3 Å². The van der Waals surface area contributed by atoms with Crippen molar-refractivity contribution in [3.63, 3.8) is 0 Å². The van der Waals surface area contributed by atoms with Crippen molar-refractivity contribution in [3.8, 4) is 11.8 Å². The van der Waals surface area contributed by atoms with Gasteiger partial charge in [-0.3, -0.25) is 9.36 Å². The van der Waals surface area contributed by atoms with Crippen molar-refractivity contribution >= 4 is 23.4 Å². The summed E-state index contributed by atoms with van der Waals surface area (Å²) in [6.45, 7) is 4.31. The third-order valence-corrected chi connectivity index (χ3v) is 5.15. The van der Waals surface area contributed by atoms with Gasteiger partial charge in [0.05, 0.1) is 18.2 Å². The van der Waals surface area contributed by atoms with Crippen molar-refractivity contribution in [2.45, 2.75) is 31.3 Å². The summed E-state index contributed by atoms with van der Waals surface area (Å²) >= 11 is 1.33. The van der Waals surface area contributed by atoms with Crippen LogP contribution in [0, 0.1) is 11.3 Å². The van der Waals surface area contributed by atoms with Crippen molar-refractivity contribution in [3.05, 3.63) is 66.0 Å². The van der Waals surface area contributed by atoms with Gasteiger partial charge < -0.3 is 5.32 Å². The average Bonchev–Trinajstić information content (AvgIpc) is 3.17. The van der Waals surface area contributed by atoms with Crippen LogP contribution in [0.2, 0.25) is 0 Å². The minimum atomic E-state index is -0.122. The Balaban J connectivity index is 1.60. The number of benzene rings is 2. The molecule has 0 fully saturated rings. The summed E-state index contributed by atoms with van der Waals surface area (Å²) in [6, 6.07) is 17.6. The van der Waals surface area contributed by atoms with Crippen LogP contribution in [-0.4, -0.2) is 26.4 Å². The maximum Gasteiger partial charge on any atom is 0.234 e. The first-order valence-electron chi connectivity index (χ1n) is 8.95. The monoisotopic (exact) mass is 391 g/mol. The van der Waals surface area contributed by atoms with Crippen LogP contribution in [-0.2, 0) is 11.2 Å². The molecule has 6 nitrogen and oxygen atoms in total. The zero-order valence-corrected chi connectivity index (χ0v) is 16.6. The molecule has 0 saturated heterocycles. The van der Waals surface area contributed by atoms with E-state index in [4.69, 9.17) is 5.26 Å². The van der Waals surface area contributed by atoms with Crippen LogP contribution in [0.25, 0.3) is 5.69 Å². The number of anilines is 1. The summed E-state index contributed by atoms with van der Waals surface area (Å²) in [6.07, 6.45) is 2.01. The highest BCUT2D eigenvalue weighted by Gasteiger charge is 2.11. The van der Waals surface area contributed by atoms with E-state index < -0.39 is 0 Å². The Morgan fingerprint density at radius 2 is 1.89 bits per heavy atom. The zero-order chi connectivity index (χ0) is 19.9. The van der Waals surface area contributed by atoms with Gasteiger partial charge in [0.1, 0.15) is 6.33 Å². The molecule has 0 bridgehead atoms. The lowest BCUT2D eigenvalue weighted by atomic mass is 10.0. The number of nitrogens with one attached hydrogen (secondary N) is 1. The molecule has 7 heteroatoms. The van der Waals surface area contributed by atoms with Gasteiger partial charge in [-0.25, -0.2) is 0 Å². The molecule has 142 valence electrons. The van der Waals surface area contributed by atoms with E-state index >= 15 is 0 Å². The number of amides is 1. The number of hydrogen-bond donors (Lipinski definition) is 1. The van der Waals surface area contributed by atoms with Gasteiger partial charge in [-0.05, 0) is 41.3 Å². The highest BCUT2D eigenvalue weighted by molar-refractivity contribution is 7.99. The fourth-order valence-corrected chi connectivity index (χ4v) is 3.37. The van der Waals surface area contributed by atoms with Crippen LogP contribution in [0.15, 0.2) is 60.0 Å². The Morgan fingerprint density at radius 1 is 1.18 bits per heavy atom. The topological polar surface area (TPSA) is 83.6 Å². The summed E-state index contributed by atoms with van der Waals surface area (Å²) in [5.74, 6) is 0.576. The minimum Gasteiger partial charge on any atom is -0.325 e. The van der Waals surface area contributed by atoms with Crippen LogP contribution >= 0.6 is 11.8 Å². The number of nitrogens with zero attached hydrogens (tertiary/aromatic N) is 4. The van der Waals surface area contributed by atoms with Crippen molar-refractivity contribution < 1.29 is 4.79 Å². The molecule has 28 heavy (non-hydrogen) atoms. The van der Waals surface area contributed by atoms with Gasteiger partial charge in [-0.15, -0.1) is 10.2 Å². The molecule has 3 aromatic rings. The fourth-order valence-electron chi connectivity index (χ4n) is 2.64. The average molecular weight is 392 g/mol. The molecule has 0 spiro atoms. The molecule has 1 amide bonds. The molecule has 0 atom stereocenters. The van der Waals surface area contributed by atoms with Crippen LogP contribution < -0.4 is 5.32 Å². The Hall–Kier alpha value is -3.11. The lowest BCUT2D eigenvalue weighted by molar-refractivity contribution is -0.113. The Labute approximate surface area is 168 Å². The van der Waals surface area contributed by atoms with Crippen molar-refractivity contribution in [2.75, 3.05) is 11.1 Å². The maximum atomic E-state index is 12.2. The van der Waals surface area contributed by atoms with Gasteiger partial charge in [-0.2, -0.15) is 5.26 Å². The molecule has 1 N–H and O–H groups in total. The number of thioether (sulfide) groups is 1. The molecule has 0 saturated carbocycles. The number of carbonyl (C=O) groups excluding carboxylic acids is 1. The van der Waals surface area contributed by atoms with Crippen LogP contribution in [0.4, 0.5) is 5.69 Å². The molecular formula is C21H21N5OS. The maximum absolute atomic E-state index is 12.2. The van der Waals surface area contributed by atoms with Gasteiger partial charge >= 0.3 is 0 Å². The summed E-state index contributed by atoms with van der Waals surface area (Å²) < 4.78 is 1.87. The highest BCUT2D eigenvalue weighted by Crippen LogP contribution is 2.22. The number of rotatable bonds is 7. The second-order valence-electron chi connectivity index (χ2n) is 6.60. The third kappa shape index (κ3) is 4.99. The van der Waals surface area contributed by atoms with Gasteiger partial charge in [0.15, 0.2) is 5.16 Å². The van der Waals surface area contributed by atoms with Crippen LogP contribution in [0.1, 0.15) is 30.9 Å². The largest absolute Gasteiger partial charge is 0.325 e. The van der Waals surface area contributed by atoms with Gasteiger partial charge in [0, 0.05) is 11.4 Å². The molecule has 0 radical (unpaired) electrons. The predicted octanol–water partition coefficient (Wildman–Crippen LogP) is 4.19.